The van der Waals surface area contributed by atoms with Crippen LogP contribution in [-0.4, -0.2) is 62.9 Å². The number of hydrogen-bond acceptors (Lipinski definition) is 10. The van der Waals surface area contributed by atoms with Gasteiger partial charge in [-0.05, 0) is 62.2 Å². The van der Waals surface area contributed by atoms with Crippen LogP contribution >= 0.6 is 69.6 Å². The van der Waals surface area contributed by atoms with Crippen molar-refractivity contribution in [2.24, 2.45) is 0 Å². The van der Waals surface area contributed by atoms with Crippen LogP contribution in [0.25, 0.3) is 12.2 Å². The average molecular weight is 837 g/mol. The number of ether oxygens (including phenoxy) is 3. The minimum atomic E-state index is -0.700. The summed E-state index contributed by atoms with van der Waals surface area (Å²) in [7, 11) is 3.67. The van der Waals surface area contributed by atoms with E-state index in [0.717, 1.165) is 0 Å². The van der Waals surface area contributed by atoms with Crippen molar-refractivity contribution >= 4 is 123 Å². The zero-order chi connectivity index (χ0) is 40.1. The van der Waals surface area contributed by atoms with Crippen molar-refractivity contribution in [3.63, 3.8) is 0 Å². The predicted octanol–water partition coefficient (Wildman–Crippen LogP) is 9.22. The standard InChI is InChI=1S/2C12H10Cl2O3.C7H4Cl2O.C5H8O3/c2*1-7(15)9(12(16)17-2)6-8-4-3-5-10(13)11(8)14;8-6-3-1-2-5(4-10)7(6)9;1-4(6)3-5(7)8-2/h2*3-6H,1-2H3;1-4H;3H2,1-2H3/b9-6+;9-6-;;. The van der Waals surface area contributed by atoms with Crippen molar-refractivity contribution in [2.45, 2.75) is 27.2 Å². The van der Waals surface area contributed by atoms with Crippen LogP contribution in [0.15, 0.2) is 65.7 Å². The largest absolute Gasteiger partial charge is 0.469 e. The normalized spacial score (nSPS) is 10.4. The number of rotatable bonds is 9. The van der Waals surface area contributed by atoms with E-state index in [1.165, 1.54) is 54.3 Å². The van der Waals surface area contributed by atoms with Gasteiger partial charge in [-0.25, -0.2) is 9.59 Å². The van der Waals surface area contributed by atoms with E-state index in [4.69, 9.17) is 69.6 Å². The smallest absolute Gasteiger partial charge is 0.341 e. The summed E-state index contributed by atoms with van der Waals surface area (Å²) in [6.07, 6.45) is 3.29. The van der Waals surface area contributed by atoms with Crippen LogP contribution in [0.4, 0.5) is 0 Å². The van der Waals surface area contributed by atoms with Gasteiger partial charge in [0.1, 0.15) is 23.4 Å². The van der Waals surface area contributed by atoms with Gasteiger partial charge < -0.3 is 14.2 Å². The third kappa shape index (κ3) is 17.0. The van der Waals surface area contributed by atoms with Gasteiger partial charge in [-0.2, -0.15) is 0 Å². The van der Waals surface area contributed by atoms with Gasteiger partial charge in [0.15, 0.2) is 17.9 Å². The molecule has 3 rings (SSSR count). The molecule has 3 aromatic rings. The number of esters is 3. The van der Waals surface area contributed by atoms with Crippen molar-refractivity contribution in [3.8, 4) is 0 Å². The van der Waals surface area contributed by atoms with Crippen molar-refractivity contribution in [2.75, 3.05) is 21.3 Å². The monoisotopic (exact) mass is 834 g/mol. The maximum absolute atomic E-state index is 11.4. The fourth-order valence-corrected chi connectivity index (χ4v) is 4.37. The summed E-state index contributed by atoms with van der Waals surface area (Å²) in [5.41, 5.74) is 1.27. The van der Waals surface area contributed by atoms with Crippen LogP contribution in [0.3, 0.4) is 0 Å². The highest BCUT2D eigenvalue weighted by molar-refractivity contribution is 6.44. The molecule has 0 spiro atoms. The highest BCUT2D eigenvalue weighted by Crippen LogP contribution is 2.29. The number of Topliss-reactive ketones (excluding diaryl/α,β-unsaturated/α-hetero) is 3. The molecule has 278 valence electrons. The Balaban J connectivity index is 0.000000698. The van der Waals surface area contributed by atoms with E-state index < -0.39 is 29.5 Å². The second-order valence-electron chi connectivity index (χ2n) is 9.71. The molecule has 0 radical (unpaired) electrons. The molecule has 0 aliphatic rings. The number of hydrogen-bond donors (Lipinski definition) is 0. The summed E-state index contributed by atoms with van der Waals surface area (Å²) >= 11 is 34.8. The molecule has 16 heteroatoms. The fourth-order valence-electron chi connectivity index (χ4n) is 3.29. The summed E-state index contributed by atoms with van der Waals surface area (Å²) in [5, 5.41) is 2.01. The topological polar surface area (TPSA) is 147 Å². The summed E-state index contributed by atoms with van der Waals surface area (Å²) in [6, 6.07) is 14.8. The molecule has 0 bridgehead atoms. The van der Waals surface area contributed by atoms with Crippen molar-refractivity contribution in [1.29, 1.82) is 0 Å². The first-order valence-electron chi connectivity index (χ1n) is 14.3. The molecular weight excluding hydrogens is 805 g/mol. The van der Waals surface area contributed by atoms with E-state index >= 15 is 0 Å². The molecule has 52 heavy (non-hydrogen) atoms. The summed E-state index contributed by atoms with van der Waals surface area (Å²) in [5.74, 6) is -2.84. The first-order chi connectivity index (χ1) is 24.4. The van der Waals surface area contributed by atoms with E-state index in [1.54, 1.807) is 54.6 Å². The lowest BCUT2D eigenvalue weighted by Crippen LogP contribution is -2.11. The minimum absolute atomic E-state index is 0.0725. The van der Waals surface area contributed by atoms with Gasteiger partial charge in [-0.1, -0.05) is 106 Å². The van der Waals surface area contributed by atoms with Crippen molar-refractivity contribution < 1.29 is 47.8 Å². The highest BCUT2D eigenvalue weighted by Gasteiger charge is 2.17. The molecule has 0 fully saturated rings. The van der Waals surface area contributed by atoms with Gasteiger partial charge in [-0.15, -0.1) is 0 Å². The van der Waals surface area contributed by atoms with E-state index in [2.05, 4.69) is 14.2 Å². The Labute approximate surface area is 330 Å². The van der Waals surface area contributed by atoms with Gasteiger partial charge in [0, 0.05) is 5.56 Å². The number of methoxy groups -OCH3 is 3. The molecule has 0 heterocycles. The Morgan fingerprint density at radius 1 is 0.538 bits per heavy atom. The van der Waals surface area contributed by atoms with Crippen LogP contribution in [-0.2, 0) is 43.0 Å². The predicted molar refractivity (Wildman–Crippen MR) is 203 cm³/mol. The molecule has 0 saturated carbocycles. The number of benzene rings is 3. The van der Waals surface area contributed by atoms with Crippen LogP contribution in [0.5, 0.6) is 0 Å². The maximum atomic E-state index is 11.4. The molecule has 0 aliphatic heterocycles. The summed E-state index contributed by atoms with van der Waals surface area (Å²) in [6.45, 7) is 3.90. The zero-order valence-electron chi connectivity index (χ0n) is 28.5. The number of ketones is 3. The lowest BCUT2D eigenvalue weighted by molar-refractivity contribution is -0.143. The minimum Gasteiger partial charge on any atom is -0.469 e. The third-order valence-corrected chi connectivity index (χ3v) is 8.36. The second kappa shape index (κ2) is 25.0. The molecule has 0 aromatic heterocycles. The van der Waals surface area contributed by atoms with Crippen molar-refractivity contribution in [3.05, 3.63) is 113 Å². The quantitative estimate of drug-likeness (QED) is 0.0510. The van der Waals surface area contributed by atoms with Gasteiger partial charge in [0.2, 0.25) is 0 Å². The fraction of sp³-hybridized carbons (Fsp3) is 0.194. The Morgan fingerprint density at radius 3 is 1.10 bits per heavy atom. The zero-order valence-corrected chi connectivity index (χ0v) is 33.0. The molecule has 0 atom stereocenters. The van der Waals surface area contributed by atoms with Crippen LogP contribution in [0, 0.1) is 0 Å². The summed E-state index contributed by atoms with van der Waals surface area (Å²) < 4.78 is 13.2. The van der Waals surface area contributed by atoms with E-state index in [9.17, 15) is 33.6 Å². The molecule has 0 N–H and O–H groups in total. The van der Waals surface area contributed by atoms with Gasteiger partial charge >= 0.3 is 17.9 Å². The Hall–Kier alpha value is -4.03. The number of carbonyl (C=O) groups is 7. The Bertz CT molecular complexity index is 1760. The van der Waals surface area contributed by atoms with Gasteiger partial charge in [0.05, 0.1) is 51.5 Å². The number of aldehydes is 1. The van der Waals surface area contributed by atoms with E-state index in [1.807, 2.05) is 0 Å². The van der Waals surface area contributed by atoms with Crippen molar-refractivity contribution in [1.82, 2.24) is 0 Å². The summed E-state index contributed by atoms with van der Waals surface area (Å²) in [4.78, 5) is 75.9. The second-order valence-corrected chi connectivity index (χ2v) is 12.1. The molecule has 0 amide bonds. The third-order valence-electron chi connectivity index (χ3n) is 5.86. The van der Waals surface area contributed by atoms with Crippen LogP contribution < -0.4 is 0 Å². The van der Waals surface area contributed by atoms with E-state index in [0.29, 0.717) is 43.1 Å². The molecule has 0 aliphatic carbocycles. The van der Waals surface area contributed by atoms with Crippen LogP contribution in [0.2, 0.25) is 30.1 Å². The molecule has 0 saturated heterocycles. The molecular formula is C36H32Cl6O10. The Kier molecular flexibility index (Phi) is 23.1. The van der Waals surface area contributed by atoms with Gasteiger partial charge in [-0.3, -0.25) is 24.0 Å². The maximum Gasteiger partial charge on any atom is 0.341 e. The van der Waals surface area contributed by atoms with Gasteiger partial charge in [0.25, 0.3) is 0 Å². The average Bonchev–Trinajstić information content (AvgIpc) is 3.10. The number of halogens is 6. The van der Waals surface area contributed by atoms with E-state index in [-0.39, 0.29) is 33.4 Å². The van der Waals surface area contributed by atoms with Crippen LogP contribution in [0.1, 0.15) is 48.7 Å². The lowest BCUT2D eigenvalue weighted by Gasteiger charge is -2.04. The SMILES string of the molecule is COC(=O)/C(=C/c1cccc(Cl)c1Cl)C(C)=O.COC(=O)/C(=C\c1cccc(Cl)c1Cl)C(C)=O.COC(=O)CC(C)=O.O=Cc1cccc(Cl)c1Cl. The highest BCUT2D eigenvalue weighted by atomic mass is 35.5. The first kappa shape index (κ1) is 48.0. The lowest BCUT2D eigenvalue weighted by atomic mass is 10.1. The molecule has 10 nitrogen and oxygen atoms in total. The Morgan fingerprint density at radius 2 is 0.865 bits per heavy atom. The number of carbonyl (C=O) groups excluding carboxylic acids is 7. The molecule has 0 unspecified atom stereocenters. The molecule has 3 aromatic carbocycles. The first-order valence-corrected chi connectivity index (χ1v) is 16.6.